The van der Waals surface area contributed by atoms with Gasteiger partial charge >= 0.3 is 0 Å². The maximum atomic E-state index is 12.4. The lowest BCUT2D eigenvalue weighted by Crippen LogP contribution is -2.87. The topological polar surface area (TPSA) is 45.7 Å². The van der Waals surface area contributed by atoms with Gasteiger partial charge in [0.1, 0.15) is 6.04 Å². The lowest BCUT2D eigenvalue weighted by molar-refractivity contribution is -0.676. The Bertz CT molecular complexity index is 856. The van der Waals surface area contributed by atoms with Crippen LogP contribution >= 0.6 is 11.3 Å². The number of thiophene rings is 1. The first-order valence-corrected chi connectivity index (χ1v) is 10.3. The summed E-state index contributed by atoms with van der Waals surface area (Å²) in [5.41, 5.74) is 4.94. The van der Waals surface area contributed by atoms with Crippen molar-refractivity contribution in [3.05, 3.63) is 93.2 Å². The summed E-state index contributed by atoms with van der Waals surface area (Å²) in [6, 6.07) is 21.3. The van der Waals surface area contributed by atoms with Gasteiger partial charge in [-0.15, -0.1) is 11.3 Å². The van der Waals surface area contributed by atoms with Crippen LogP contribution in [0.5, 0.6) is 0 Å². The second kappa shape index (κ2) is 9.49. The van der Waals surface area contributed by atoms with Crippen LogP contribution in [0, 0.1) is 6.92 Å². The zero-order valence-corrected chi connectivity index (χ0v) is 16.8. The molecule has 27 heavy (non-hydrogen) atoms. The van der Waals surface area contributed by atoms with Gasteiger partial charge in [-0.3, -0.25) is 4.79 Å². The van der Waals surface area contributed by atoms with E-state index in [1.54, 1.807) is 11.3 Å². The molecule has 2 aromatic carbocycles. The summed E-state index contributed by atoms with van der Waals surface area (Å²) in [5, 5.41) is 7.26. The van der Waals surface area contributed by atoms with Crippen LogP contribution in [0.4, 0.5) is 0 Å². The van der Waals surface area contributed by atoms with Crippen LogP contribution in [0.1, 0.15) is 40.1 Å². The molecule has 0 radical (unpaired) electrons. The summed E-state index contributed by atoms with van der Waals surface area (Å²) in [4.78, 5) is 13.7. The van der Waals surface area contributed by atoms with Crippen LogP contribution in [0.25, 0.3) is 0 Å². The molecular weight excluding hydrogens is 352 g/mol. The minimum atomic E-state index is 0.0602. The SMILES string of the molecule is CCc1ccc([C@@H]([NH2+]CC(=O)NCc2ccccc2C)c2cccs2)cc1. The van der Waals surface area contributed by atoms with Crippen molar-refractivity contribution in [2.45, 2.75) is 32.9 Å². The first-order valence-electron chi connectivity index (χ1n) is 9.44. The Labute approximate surface area is 165 Å². The summed E-state index contributed by atoms with van der Waals surface area (Å²) in [6.07, 6.45) is 1.04. The Kier molecular flexibility index (Phi) is 6.80. The summed E-state index contributed by atoms with van der Waals surface area (Å²) >= 11 is 1.74. The molecule has 0 aliphatic rings. The van der Waals surface area contributed by atoms with Crippen LogP contribution in [-0.4, -0.2) is 12.5 Å². The third kappa shape index (κ3) is 5.28. The van der Waals surface area contributed by atoms with Crippen LogP contribution < -0.4 is 10.6 Å². The van der Waals surface area contributed by atoms with Gasteiger partial charge in [0.15, 0.2) is 6.54 Å². The average molecular weight is 380 g/mol. The highest BCUT2D eigenvalue weighted by molar-refractivity contribution is 7.10. The number of benzene rings is 2. The van der Waals surface area contributed by atoms with Crippen LogP contribution in [-0.2, 0) is 17.8 Å². The number of carbonyl (C=O) groups is 1. The fraction of sp³-hybridized carbons (Fsp3) is 0.261. The highest BCUT2D eigenvalue weighted by atomic mass is 32.1. The van der Waals surface area contributed by atoms with Gasteiger partial charge in [0.05, 0.1) is 4.88 Å². The number of aryl methyl sites for hydroxylation is 2. The molecule has 0 unspecified atom stereocenters. The number of nitrogens with one attached hydrogen (secondary N) is 1. The molecule has 0 fully saturated rings. The summed E-state index contributed by atoms with van der Waals surface area (Å²) < 4.78 is 0. The predicted octanol–water partition coefficient (Wildman–Crippen LogP) is 3.59. The number of quaternary nitrogens is 1. The Morgan fingerprint density at radius 1 is 1.07 bits per heavy atom. The lowest BCUT2D eigenvalue weighted by atomic mass is 10.0. The molecule has 3 rings (SSSR count). The molecule has 0 aliphatic heterocycles. The van der Waals surface area contributed by atoms with Crippen molar-refractivity contribution in [2.24, 2.45) is 0 Å². The van der Waals surface area contributed by atoms with Gasteiger partial charge in [-0.1, -0.05) is 61.5 Å². The van der Waals surface area contributed by atoms with E-state index in [1.165, 1.54) is 21.6 Å². The number of rotatable bonds is 8. The van der Waals surface area contributed by atoms with Crippen molar-refractivity contribution in [1.82, 2.24) is 5.32 Å². The first-order chi connectivity index (χ1) is 13.2. The van der Waals surface area contributed by atoms with E-state index in [2.05, 4.69) is 78.4 Å². The first kappa shape index (κ1) is 19.3. The molecule has 4 heteroatoms. The van der Waals surface area contributed by atoms with Crippen molar-refractivity contribution in [2.75, 3.05) is 6.54 Å². The molecule has 3 N–H and O–H groups in total. The molecular formula is C23H27N2OS+. The second-order valence-electron chi connectivity index (χ2n) is 6.73. The van der Waals surface area contributed by atoms with Crippen molar-refractivity contribution >= 4 is 17.2 Å². The Hall–Kier alpha value is -2.43. The number of hydrogen-bond acceptors (Lipinski definition) is 2. The third-order valence-electron chi connectivity index (χ3n) is 4.87. The van der Waals surface area contributed by atoms with Gasteiger partial charge in [0, 0.05) is 12.1 Å². The highest BCUT2D eigenvalue weighted by Gasteiger charge is 2.20. The number of carbonyl (C=O) groups excluding carboxylic acids is 1. The van der Waals surface area contributed by atoms with Crippen LogP contribution in [0.15, 0.2) is 66.0 Å². The van der Waals surface area contributed by atoms with E-state index in [1.807, 2.05) is 12.1 Å². The molecule has 1 heterocycles. The number of hydrogen-bond donors (Lipinski definition) is 2. The fourth-order valence-electron chi connectivity index (χ4n) is 3.14. The smallest absolute Gasteiger partial charge is 0.275 e. The van der Waals surface area contributed by atoms with Crippen molar-refractivity contribution in [3.63, 3.8) is 0 Å². The minimum Gasteiger partial charge on any atom is -0.347 e. The Balaban J connectivity index is 1.62. The van der Waals surface area contributed by atoms with Gasteiger partial charge in [-0.25, -0.2) is 0 Å². The fourth-order valence-corrected chi connectivity index (χ4v) is 4.00. The van der Waals surface area contributed by atoms with Crippen molar-refractivity contribution in [3.8, 4) is 0 Å². The number of nitrogens with two attached hydrogens (primary N) is 1. The number of amides is 1. The lowest BCUT2D eigenvalue weighted by Gasteiger charge is -2.15. The normalized spacial score (nSPS) is 11.9. The van der Waals surface area contributed by atoms with Gasteiger partial charge in [-0.05, 0) is 41.5 Å². The summed E-state index contributed by atoms with van der Waals surface area (Å²) in [6.45, 7) is 5.22. The van der Waals surface area contributed by atoms with Crippen LogP contribution in [0.3, 0.4) is 0 Å². The summed E-state index contributed by atoms with van der Waals surface area (Å²) in [7, 11) is 0. The molecule has 0 saturated heterocycles. The van der Waals surface area contributed by atoms with E-state index in [9.17, 15) is 4.79 Å². The van der Waals surface area contributed by atoms with Crippen molar-refractivity contribution < 1.29 is 10.1 Å². The molecule has 1 atom stereocenters. The maximum absolute atomic E-state index is 12.4. The predicted molar refractivity (Wildman–Crippen MR) is 112 cm³/mol. The average Bonchev–Trinajstić information content (AvgIpc) is 3.22. The third-order valence-corrected chi connectivity index (χ3v) is 5.83. The maximum Gasteiger partial charge on any atom is 0.275 e. The molecule has 0 spiro atoms. The quantitative estimate of drug-likeness (QED) is 0.617. The van der Waals surface area contributed by atoms with E-state index < -0.39 is 0 Å². The van der Waals surface area contributed by atoms with E-state index in [-0.39, 0.29) is 11.9 Å². The van der Waals surface area contributed by atoms with Gasteiger partial charge in [0.2, 0.25) is 0 Å². The minimum absolute atomic E-state index is 0.0602. The molecule has 140 valence electrons. The van der Waals surface area contributed by atoms with Gasteiger partial charge in [0.25, 0.3) is 5.91 Å². The van der Waals surface area contributed by atoms with E-state index in [4.69, 9.17) is 0 Å². The largest absolute Gasteiger partial charge is 0.347 e. The van der Waals surface area contributed by atoms with Gasteiger partial charge < -0.3 is 10.6 Å². The van der Waals surface area contributed by atoms with E-state index >= 15 is 0 Å². The molecule has 0 aliphatic carbocycles. The van der Waals surface area contributed by atoms with Gasteiger partial charge in [-0.2, -0.15) is 0 Å². The molecule has 1 aromatic heterocycles. The van der Waals surface area contributed by atoms with Crippen molar-refractivity contribution in [1.29, 1.82) is 0 Å². The Morgan fingerprint density at radius 2 is 1.85 bits per heavy atom. The molecule has 1 amide bonds. The summed E-state index contributed by atoms with van der Waals surface area (Å²) in [5.74, 6) is 0.0602. The van der Waals surface area contributed by atoms with Crippen LogP contribution in [0.2, 0.25) is 0 Å². The zero-order chi connectivity index (χ0) is 19.1. The molecule has 3 nitrogen and oxygen atoms in total. The monoisotopic (exact) mass is 379 g/mol. The zero-order valence-electron chi connectivity index (χ0n) is 15.9. The Morgan fingerprint density at radius 3 is 2.52 bits per heavy atom. The highest BCUT2D eigenvalue weighted by Crippen LogP contribution is 2.23. The van der Waals surface area contributed by atoms with E-state index in [0.29, 0.717) is 13.1 Å². The molecule has 0 saturated carbocycles. The second-order valence-corrected chi connectivity index (χ2v) is 7.71. The molecule has 0 bridgehead atoms. The molecule has 3 aromatic rings. The van der Waals surface area contributed by atoms with E-state index in [0.717, 1.165) is 12.0 Å². The standard InChI is InChI=1S/C23H26N2OS/c1-3-18-10-12-19(13-11-18)23(21-9-6-14-27-21)25-16-22(26)24-15-20-8-5-4-7-17(20)2/h4-14,23,25H,3,15-16H2,1-2H3,(H,24,26)/p+1/t23-/m1/s1.